The lowest BCUT2D eigenvalue weighted by atomic mass is 9.96. The van der Waals surface area contributed by atoms with Crippen LogP contribution in [0.5, 0.6) is 0 Å². The number of nitrogens with zero attached hydrogens (tertiary/aromatic N) is 1. The van der Waals surface area contributed by atoms with E-state index in [4.69, 9.17) is 11.6 Å². The highest BCUT2D eigenvalue weighted by Gasteiger charge is 2.29. The summed E-state index contributed by atoms with van der Waals surface area (Å²) in [5.41, 5.74) is 1.45. The van der Waals surface area contributed by atoms with E-state index in [0.717, 1.165) is 5.56 Å². The summed E-state index contributed by atoms with van der Waals surface area (Å²) in [5, 5.41) is 0.589. The molecule has 0 bridgehead atoms. The summed E-state index contributed by atoms with van der Waals surface area (Å²) in [4.78, 5) is 26.1. The number of rotatable bonds is 2. The number of carbonyl (C=O) groups is 2. The van der Waals surface area contributed by atoms with Crippen molar-refractivity contribution in [3.05, 3.63) is 83.0 Å². The Morgan fingerprint density at radius 2 is 1.86 bits per heavy atom. The predicted molar refractivity (Wildman–Crippen MR) is 85.6 cm³/mol. The fourth-order valence-corrected chi connectivity index (χ4v) is 2.75. The number of hydrogen-bond donors (Lipinski definition) is 0. The van der Waals surface area contributed by atoms with Gasteiger partial charge in [0, 0.05) is 23.2 Å². The summed E-state index contributed by atoms with van der Waals surface area (Å²) >= 11 is 6.04. The van der Waals surface area contributed by atoms with E-state index in [1.807, 2.05) is 30.3 Å². The second-order valence-corrected chi connectivity index (χ2v) is 5.57. The van der Waals surface area contributed by atoms with Crippen molar-refractivity contribution in [3.63, 3.8) is 0 Å². The first-order chi connectivity index (χ1) is 10.6. The van der Waals surface area contributed by atoms with Gasteiger partial charge in [0.25, 0.3) is 5.91 Å². The molecule has 1 unspecified atom stereocenters. The van der Waals surface area contributed by atoms with E-state index in [-0.39, 0.29) is 24.2 Å². The van der Waals surface area contributed by atoms with Gasteiger partial charge in [0.1, 0.15) is 0 Å². The molecule has 22 heavy (non-hydrogen) atoms. The molecule has 1 aliphatic rings. The van der Waals surface area contributed by atoms with Gasteiger partial charge in [-0.25, -0.2) is 0 Å². The Bertz CT molecular complexity index is 740. The van der Waals surface area contributed by atoms with Crippen LogP contribution in [0.15, 0.2) is 66.9 Å². The highest BCUT2D eigenvalue weighted by molar-refractivity contribution is 6.30. The molecular formula is C18H14ClNO2. The topological polar surface area (TPSA) is 37.4 Å². The van der Waals surface area contributed by atoms with Crippen LogP contribution in [0, 0.1) is 0 Å². The molecule has 0 fully saturated rings. The number of hydrogen-bond acceptors (Lipinski definition) is 2. The molecule has 1 amide bonds. The molecule has 1 aliphatic heterocycles. The zero-order valence-electron chi connectivity index (χ0n) is 11.8. The maximum Gasteiger partial charge on any atom is 0.258 e. The highest BCUT2D eigenvalue weighted by Crippen LogP contribution is 2.31. The van der Waals surface area contributed by atoms with Crippen molar-refractivity contribution in [2.24, 2.45) is 0 Å². The molecule has 0 aliphatic carbocycles. The lowest BCUT2D eigenvalue weighted by molar-refractivity contribution is -0.116. The van der Waals surface area contributed by atoms with E-state index >= 15 is 0 Å². The van der Waals surface area contributed by atoms with E-state index in [0.29, 0.717) is 10.6 Å². The van der Waals surface area contributed by atoms with E-state index in [2.05, 4.69) is 0 Å². The minimum Gasteiger partial charge on any atom is -0.307 e. The van der Waals surface area contributed by atoms with Gasteiger partial charge < -0.3 is 4.90 Å². The molecule has 110 valence electrons. The van der Waals surface area contributed by atoms with Crippen molar-refractivity contribution < 1.29 is 9.59 Å². The highest BCUT2D eigenvalue weighted by atomic mass is 35.5. The van der Waals surface area contributed by atoms with Crippen LogP contribution in [0.2, 0.25) is 5.02 Å². The summed E-state index contributed by atoms with van der Waals surface area (Å²) in [6.07, 6.45) is 3.27. The molecule has 0 N–H and O–H groups in total. The SMILES string of the molecule is O=C1C=CN(C(=O)c2ccccc2)C(c2cccc(Cl)c2)C1. The normalized spacial score (nSPS) is 17.6. The van der Waals surface area contributed by atoms with Crippen LogP contribution < -0.4 is 0 Å². The van der Waals surface area contributed by atoms with Crippen LogP contribution in [-0.4, -0.2) is 16.6 Å². The third-order valence-corrected chi connectivity index (χ3v) is 3.88. The molecule has 0 saturated heterocycles. The summed E-state index contributed by atoms with van der Waals surface area (Å²) in [6.45, 7) is 0. The molecule has 2 aromatic carbocycles. The van der Waals surface area contributed by atoms with Gasteiger partial charge in [-0.1, -0.05) is 41.9 Å². The average Bonchev–Trinajstić information content (AvgIpc) is 2.55. The van der Waals surface area contributed by atoms with Gasteiger partial charge in [-0.3, -0.25) is 9.59 Å². The molecule has 2 aromatic rings. The third-order valence-electron chi connectivity index (χ3n) is 3.64. The van der Waals surface area contributed by atoms with Crippen molar-refractivity contribution in [2.75, 3.05) is 0 Å². The van der Waals surface area contributed by atoms with Gasteiger partial charge in [-0.2, -0.15) is 0 Å². The molecule has 1 atom stereocenters. The fraction of sp³-hybridized carbons (Fsp3) is 0.111. The molecule has 0 saturated carbocycles. The van der Waals surface area contributed by atoms with E-state index < -0.39 is 0 Å². The summed E-state index contributed by atoms with van der Waals surface area (Å²) < 4.78 is 0. The molecular weight excluding hydrogens is 298 g/mol. The van der Waals surface area contributed by atoms with E-state index in [1.54, 1.807) is 35.4 Å². The molecule has 1 heterocycles. The monoisotopic (exact) mass is 311 g/mol. The van der Waals surface area contributed by atoms with Crippen molar-refractivity contribution >= 4 is 23.3 Å². The number of amides is 1. The van der Waals surface area contributed by atoms with Gasteiger partial charge >= 0.3 is 0 Å². The van der Waals surface area contributed by atoms with Crippen molar-refractivity contribution in [2.45, 2.75) is 12.5 Å². The van der Waals surface area contributed by atoms with Crippen LogP contribution in [-0.2, 0) is 4.79 Å². The molecule has 0 spiro atoms. The van der Waals surface area contributed by atoms with Gasteiger partial charge in [0.15, 0.2) is 5.78 Å². The fourth-order valence-electron chi connectivity index (χ4n) is 2.56. The molecule has 0 aromatic heterocycles. The van der Waals surface area contributed by atoms with Gasteiger partial charge in [-0.15, -0.1) is 0 Å². The minimum atomic E-state index is -0.330. The summed E-state index contributed by atoms with van der Waals surface area (Å²) in [7, 11) is 0. The maximum atomic E-state index is 12.7. The number of halogens is 1. The largest absolute Gasteiger partial charge is 0.307 e. The first kappa shape index (κ1) is 14.5. The predicted octanol–water partition coefficient (Wildman–Crippen LogP) is 4.01. The van der Waals surface area contributed by atoms with Crippen molar-refractivity contribution in [1.82, 2.24) is 4.90 Å². The Balaban J connectivity index is 1.98. The number of benzene rings is 2. The lowest BCUT2D eigenvalue weighted by Gasteiger charge is -2.31. The summed E-state index contributed by atoms with van der Waals surface area (Å²) in [6, 6.07) is 16.0. The maximum absolute atomic E-state index is 12.7. The first-order valence-electron chi connectivity index (χ1n) is 6.99. The lowest BCUT2D eigenvalue weighted by Crippen LogP contribution is -2.34. The van der Waals surface area contributed by atoms with E-state index in [9.17, 15) is 9.59 Å². The van der Waals surface area contributed by atoms with Crippen LogP contribution in [0.3, 0.4) is 0 Å². The molecule has 3 rings (SSSR count). The third kappa shape index (κ3) is 2.95. The van der Waals surface area contributed by atoms with Crippen LogP contribution in [0.4, 0.5) is 0 Å². The zero-order chi connectivity index (χ0) is 15.5. The van der Waals surface area contributed by atoms with Gasteiger partial charge in [-0.05, 0) is 35.9 Å². The Kier molecular flexibility index (Phi) is 4.07. The second-order valence-electron chi connectivity index (χ2n) is 5.14. The minimum absolute atomic E-state index is 0.00193. The number of ketones is 1. The smallest absolute Gasteiger partial charge is 0.258 e. The van der Waals surface area contributed by atoms with E-state index in [1.165, 1.54) is 6.08 Å². The Morgan fingerprint density at radius 1 is 1.09 bits per heavy atom. The van der Waals surface area contributed by atoms with Gasteiger partial charge in [0.05, 0.1) is 6.04 Å². The van der Waals surface area contributed by atoms with Crippen molar-refractivity contribution in [1.29, 1.82) is 0 Å². The van der Waals surface area contributed by atoms with Crippen LogP contribution >= 0.6 is 11.6 Å². The average molecular weight is 312 g/mol. The Hall–Kier alpha value is -2.39. The van der Waals surface area contributed by atoms with Crippen molar-refractivity contribution in [3.8, 4) is 0 Å². The Morgan fingerprint density at radius 3 is 2.59 bits per heavy atom. The number of carbonyl (C=O) groups excluding carboxylic acids is 2. The zero-order valence-corrected chi connectivity index (χ0v) is 12.5. The molecule has 0 radical (unpaired) electrons. The number of allylic oxidation sites excluding steroid dienone is 1. The molecule has 4 heteroatoms. The quantitative estimate of drug-likeness (QED) is 0.840. The summed E-state index contributed by atoms with van der Waals surface area (Å²) in [5.74, 6) is -0.128. The Labute approximate surface area is 133 Å². The van der Waals surface area contributed by atoms with Crippen LogP contribution in [0.1, 0.15) is 28.4 Å². The van der Waals surface area contributed by atoms with Gasteiger partial charge in [0.2, 0.25) is 0 Å². The first-order valence-corrected chi connectivity index (χ1v) is 7.37. The molecule has 3 nitrogen and oxygen atoms in total. The van der Waals surface area contributed by atoms with Crippen LogP contribution in [0.25, 0.3) is 0 Å². The standard InChI is InChI=1S/C18H14ClNO2/c19-15-8-4-7-14(11-15)17-12-16(21)9-10-20(17)18(22)13-5-2-1-3-6-13/h1-11,17H,12H2. The second kappa shape index (κ2) is 6.16.